The quantitative estimate of drug-likeness (QED) is 0.660. The van der Waals surface area contributed by atoms with Gasteiger partial charge >= 0.3 is 6.09 Å². The third-order valence-corrected chi connectivity index (χ3v) is 4.82. The second-order valence-electron chi connectivity index (χ2n) is 4.76. The first-order chi connectivity index (χ1) is 7.90. The van der Waals surface area contributed by atoms with Gasteiger partial charge in [-0.25, -0.2) is 4.79 Å². The van der Waals surface area contributed by atoms with E-state index in [0.717, 1.165) is 19.3 Å². The smallest absolute Gasteiger partial charge is 0.396 e. The Labute approximate surface area is 107 Å². The average molecular weight is 260 g/mol. The number of nitrogens with zero attached hydrogens (tertiary/aromatic N) is 2. The second-order valence-corrected chi connectivity index (χ2v) is 8.80. The zero-order valence-electron chi connectivity index (χ0n) is 12.2. The largest absolute Gasteiger partial charge is 0.503 e. The molecule has 5 heteroatoms. The maximum atomic E-state index is 11.9. The van der Waals surface area contributed by atoms with Crippen LogP contribution in [0.1, 0.15) is 27.7 Å². The minimum atomic E-state index is -1.93. The van der Waals surface area contributed by atoms with Gasteiger partial charge in [0.05, 0.1) is 0 Å². The van der Waals surface area contributed by atoms with Crippen LogP contribution in [0, 0.1) is 0 Å². The molecule has 17 heavy (non-hydrogen) atoms. The third-order valence-electron chi connectivity index (χ3n) is 2.88. The lowest BCUT2D eigenvalue weighted by Crippen LogP contribution is -2.49. The summed E-state index contributed by atoms with van der Waals surface area (Å²) in [6.07, 6.45) is 0.756. The number of hydrogen-bond donors (Lipinski definition) is 0. The van der Waals surface area contributed by atoms with Crippen molar-refractivity contribution in [1.82, 2.24) is 9.80 Å². The maximum absolute atomic E-state index is 11.9. The maximum Gasteiger partial charge on any atom is 0.396 e. The van der Waals surface area contributed by atoms with Crippen LogP contribution < -0.4 is 0 Å². The van der Waals surface area contributed by atoms with Gasteiger partial charge in [-0.1, -0.05) is 13.8 Å². The van der Waals surface area contributed by atoms with Crippen LogP contribution >= 0.6 is 0 Å². The Balaban J connectivity index is 4.37. The third kappa shape index (κ3) is 6.07. The lowest BCUT2D eigenvalue weighted by Gasteiger charge is -2.31. The molecule has 0 aliphatic carbocycles. The first kappa shape index (κ1) is 16.4. The standard InChI is InChI=1S/C12H28N2O2Si/c1-7-13(8-2)11-17(5,6)16-12(15)14(9-3)10-4/h7-11H2,1-6H3. The van der Waals surface area contributed by atoms with E-state index in [-0.39, 0.29) is 6.09 Å². The first-order valence-corrected chi connectivity index (χ1v) is 9.71. The van der Waals surface area contributed by atoms with Crippen molar-refractivity contribution >= 4 is 14.4 Å². The molecular weight excluding hydrogens is 232 g/mol. The molecule has 102 valence electrons. The molecule has 0 saturated heterocycles. The predicted molar refractivity (Wildman–Crippen MR) is 74.7 cm³/mol. The molecule has 0 saturated carbocycles. The summed E-state index contributed by atoms with van der Waals surface area (Å²) in [7, 11) is -1.93. The Bertz CT molecular complexity index is 227. The van der Waals surface area contributed by atoms with Crippen molar-refractivity contribution in [3.05, 3.63) is 0 Å². The highest BCUT2D eigenvalue weighted by molar-refractivity contribution is 6.72. The van der Waals surface area contributed by atoms with Crippen LogP contribution in [0.2, 0.25) is 13.1 Å². The van der Waals surface area contributed by atoms with Crippen LogP contribution in [0.25, 0.3) is 0 Å². The zero-order valence-corrected chi connectivity index (χ0v) is 13.2. The normalized spacial score (nSPS) is 11.7. The summed E-state index contributed by atoms with van der Waals surface area (Å²) in [6, 6.07) is 0. The fourth-order valence-corrected chi connectivity index (χ4v) is 3.99. The fraction of sp³-hybridized carbons (Fsp3) is 0.917. The number of carbonyl (C=O) groups is 1. The topological polar surface area (TPSA) is 32.8 Å². The molecule has 0 atom stereocenters. The van der Waals surface area contributed by atoms with Crippen LogP contribution in [0.5, 0.6) is 0 Å². The van der Waals surface area contributed by atoms with Crippen molar-refractivity contribution in [1.29, 1.82) is 0 Å². The van der Waals surface area contributed by atoms with Crippen LogP contribution in [0.15, 0.2) is 0 Å². The predicted octanol–water partition coefficient (Wildman–Crippen LogP) is 2.55. The van der Waals surface area contributed by atoms with E-state index in [9.17, 15) is 4.79 Å². The van der Waals surface area contributed by atoms with Crippen molar-refractivity contribution in [2.45, 2.75) is 40.8 Å². The molecule has 0 N–H and O–H groups in total. The lowest BCUT2D eigenvalue weighted by molar-refractivity contribution is 0.152. The highest BCUT2D eigenvalue weighted by atomic mass is 28.4. The summed E-state index contributed by atoms with van der Waals surface area (Å²) < 4.78 is 5.70. The molecule has 4 nitrogen and oxygen atoms in total. The van der Waals surface area contributed by atoms with E-state index < -0.39 is 8.32 Å². The van der Waals surface area contributed by atoms with Crippen molar-refractivity contribution in [3.8, 4) is 0 Å². The van der Waals surface area contributed by atoms with Gasteiger partial charge in [0, 0.05) is 19.3 Å². The molecule has 0 heterocycles. The van der Waals surface area contributed by atoms with E-state index in [2.05, 4.69) is 31.8 Å². The number of carbonyl (C=O) groups excluding carboxylic acids is 1. The Kier molecular flexibility index (Phi) is 7.46. The van der Waals surface area contributed by atoms with Crippen molar-refractivity contribution in [3.63, 3.8) is 0 Å². The summed E-state index contributed by atoms with van der Waals surface area (Å²) in [5, 5.41) is 0. The Hall–Kier alpha value is -0.553. The van der Waals surface area contributed by atoms with Crippen LogP contribution in [-0.4, -0.2) is 56.6 Å². The molecule has 0 unspecified atom stereocenters. The van der Waals surface area contributed by atoms with Crippen LogP contribution in [0.4, 0.5) is 4.79 Å². The van der Waals surface area contributed by atoms with E-state index in [1.54, 1.807) is 4.90 Å². The van der Waals surface area contributed by atoms with E-state index in [0.29, 0.717) is 13.1 Å². The fourth-order valence-electron chi connectivity index (χ4n) is 1.80. The number of rotatable bonds is 7. The number of amides is 1. The molecule has 0 radical (unpaired) electrons. The van der Waals surface area contributed by atoms with Crippen molar-refractivity contribution in [2.75, 3.05) is 32.3 Å². The molecule has 1 amide bonds. The van der Waals surface area contributed by atoms with Gasteiger partial charge in [0.15, 0.2) is 0 Å². The van der Waals surface area contributed by atoms with Crippen molar-refractivity contribution < 1.29 is 9.22 Å². The Morgan fingerprint density at radius 3 is 1.82 bits per heavy atom. The molecule has 0 aliphatic heterocycles. The molecule has 0 bridgehead atoms. The molecule has 0 aromatic carbocycles. The second kappa shape index (κ2) is 7.71. The van der Waals surface area contributed by atoms with E-state index in [4.69, 9.17) is 4.43 Å². The average Bonchev–Trinajstić information content (AvgIpc) is 2.26. The van der Waals surface area contributed by atoms with Gasteiger partial charge in [-0.2, -0.15) is 0 Å². The molecule has 0 rings (SSSR count). The SMILES string of the molecule is CCN(CC)C[Si](C)(C)OC(=O)N(CC)CC. The summed E-state index contributed by atoms with van der Waals surface area (Å²) in [5.41, 5.74) is 0. The van der Waals surface area contributed by atoms with Gasteiger partial charge in [0.1, 0.15) is 0 Å². The lowest BCUT2D eigenvalue weighted by atomic mass is 10.6. The highest BCUT2D eigenvalue weighted by Gasteiger charge is 2.30. The van der Waals surface area contributed by atoms with Gasteiger partial charge < -0.3 is 14.2 Å². The molecule has 0 aliphatic rings. The minimum absolute atomic E-state index is 0.154. The van der Waals surface area contributed by atoms with E-state index in [1.165, 1.54) is 0 Å². The summed E-state index contributed by atoms with van der Waals surface area (Å²) in [4.78, 5) is 16.0. The summed E-state index contributed by atoms with van der Waals surface area (Å²) in [6.45, 7) is 15.9. The first-order valence-electron chi connectivity index (χ1n) is 6.60. The Morgan fingerprint density at radius 2 is 1.47 bits per heavy atom. The van der Waals surface area contributed by atoms with E-state index >= 15 is 0 Å². The van der Waals surface area contributed by atoms with Crippen LogP contribution in [-0.2, 0) is 4.43 Å². The molecular formula is C12H28N2O2Si. The van der Waals surface area contributed by atoms with Gasteiger partial charge in [0.2, 0.25) is 0 Å². The van der Waals surface area contributed by atoms with Gasteiger partial charge in [0.25, 0.3) is 8.32 Å². The molecule has 0 aromatic rings. The minimum Gasteiger partial charge on any atom is -0.503 e. The van der Waals surface area contributed by atoms with Gasteiger partial charge in [-0.15, -0.1) is 0 Å². The molecule has 0 fully saturated rings. The molecule has 0 aromatic heterocycles. The highest BCUT2D eigenvalue weighted by Crippen LogP contribution is 2.09. The monoisotopic (exact) mass is 260 g/mol. The van der Waals surface area contributed by atoms with E-state index in [1.807, 2.05) is 13.8 Å². The van der Waals surface area contributed by atoms with Gasteiger partial charge in [-0.05, 0) is 40.0 Å². The van der Waals surface area contributed by atoms with Crippen molar-refractivity contribution in [2.24, 2.45) is 0 Å². The zero-order chi connectivity index (χ0) is 13.5. The number of hydrogen-bond acceptors (Lipinski definition) is 3. The summed E-state index contributed by atoms with van der Waals surface area (Å²) >= 11 is 0. The summed E-state index contributed by atoms with van der Waals surface area (Å²) in [5.74, 6) is 0. The molecule has 0 spiro atoms. The van der Waals surface area contributed by atoms with Crippen LogP contribution in [0.3, 0.4) is 0 Å². The Morgan fingerprint density at radius 1 is 1.00 bits per heavy atom. The van der Waals surface area contributed by atoms with Gasteiger partial charge in [-0.3, -0.25) is 0 Å².